The SMILES string of the molecule is CC1(C)c2ccccc2-c2cc(N(c3ccccc3)c3ccc(-n4c5cc(-c6ccccc6)cc6c7ccccc7n7c8ccccc8c8ccc4c(c65)c87)cc3)ccc21. The molecule has 12 aromatic rings. The van der Waals surface area contributed by atoms with E-state index in [1.807, 2.05) is 0 Å². The smallest absolute Gasteiger partial charge is 0.0641 e. The zero-order chi connectivity index (χ0) is 39.7. The second-order valence-corrected chi connectivity index (χ2v) is 16.9. The molecule has 0 unspecified atom stereocenters. The van der Waals surface area contributed by atoms with E-state index in [4.69, 9.17) is 0 Å². The molecule has 9 aromatic carbocycles. The minimum atomic E-state index is -0.0469. The van der Waals surface area contributed by atoms with Gasteiger partial charge in [-0.25, -0.2) is 0 Å². The van der Waals surface area contributed by atoms with Crippen LogP contribution in [0.15, 0.2) is 200 Å². The highest BCUT2D eigenvalue weighted by molar-refractivity contribution is 6.33. The van der Waals surface area contributed by atoms with E-state index in [1.54, 1.807) is 0 Å². The predicted molar refractivity (Wildman–Crippen MR) is 253 cm³/mol. The van der Waals surface area contributed by atoms with Gasteiger partial charge in [0.2, 0.25) is 0 Å². The van der Waals surface area contributed by atoms with E-state index in [0.29, 0.717) is 0 Å². The molecule has 0 saturated carbocycles. The van der Waals surface area contributed by atoms with Crippen molar-refractivity contribution < 1.29 is 0 Å². The third kappa shape index (κ3) is 4.49. The Labute approximate surface area is 347 Å². The average molecular weight is 766 g/mol. The summed E-state index contributed by atoms with van der Waals surface area (Å²) in [6.07, 6.45) is 0. The first-order valence-electron chi connectivity index (χ1n) is 20.9. The van der Waals surface area contributed by atoms with Crippen molar-refractivity contribution in [2.75, 3.05) is 4.90 Å². The highest BCUT2D eigenvalue weighted by Crippen LogP contribution is 2.51. The Morgan fingerprint density at radius 1 is 0.383 bits per heavy atom. The molecular weight excluding hydrogens is 727 g/mol. The van der Waals surface area contributed by atoms with Crippen molar-refractivity contribution in [1.82, 2.24) is 8.97 Å². The van der Waals surface area contributed by atoms with E-state index in [9.17, 15) is 0 Å². The number of hydrogen-bond donors (Lipinski definition) is 0. The van der Waals surface area contributed by atoms with Crippen LogP contribution < -0.4 is 4.90 Å². The van der Waals surface area contributed by atoms with Crippen LogP contribution in [0.4, 0.5) is 17.1 Å². The molecule has 0 aliphatic heterocycles. The summed E-state index contributed by atoms with van der Waals surface area (Å²) >= 11 is 0. The Morgan fingerprint density at radius 2 is 1.00 bits per heavy atom. The van der Waals surface area contributed by atoms with E-state index in [-0.39, 0.29) is 5.41 Å². The number of aromatic nitrogens is 2. The van der Waals surface area contributed by atoms with Crippen LogP contribution in [0.25, 0.3) is 87.8 Å². The largest absolute Gasteiger partial charge is 0.310 e. The molecule has 0 amide bonds. The molecule has 0 N–H and O–H groups in total. The van der Waals surface area contributed by atoms with Gasteiger partial charge in [-0.15, -0.1) is 0 Å². The van der Waals surface area contributed by atoms with Crippen molar-refractivity contribution in [3.8, 4) is 27.9 Å². The van der Waals surface area contributed by atoms with Gasteiger partial charge in [0.15, 0.2) is 0 Å². The number of anilines is 3. The van der Waals surface area contributed by atoms with Crippen molar-refractivity contribution in [2.45, 2.75) is 19.3 Å². The lowest BCUT2D eigenvalue weighted by Gasteiger charge is -2.27. The molecule has 1 aliphatic rings. The van der Waals surface area contributed by atoms with Gasteiger partial charge in [-0.05, 0) is 118 Å². The van der Waals surface area contributed by atoms with Crippen LogP contribution in [0.5, 0.6) is 0 Å². The second-order valence-electron chi connectivity index (χ2n) is 16.9. The Bertz CT molecular complexity index is 3660. The van der Waals surface area contributed by atoms with Crippen molar-refractivity contribution in [3.05, 3.63) is 211 Å². The van der Waals surface area contributed by atoms with E-state index in [0.717, 1.165) is 22.7 Å². The molecule has 3 heteroatoms. The fourth-order valence-corrected chi connectivity index (χ4v) is 10.7. The first-order valence-corrected chi connectivity index (χ1v) is 20.9. The van der Waals surface area contributed by atoms with Gasteiger partial charge in [-0.1, -0.05) is 135 Å². The third-order valence-corrected chi connectivity index (χ3v) is 13.4. The molecule has 13 rings (SSSR count). The molecule has 0 saturated heterocycles. The first kappa shape index (κ1) is 33.4. The van der Waals surface area contributed by atoms with Crippen LogP contribution in [-0.4, -0.2) is 8.97 Å². The molecule has 3 aromatic heterocycles. The van der Waals surface area contributed by atoms with Gasteiger partial charge in [-0.3, -0.25) is 0 Å². The lowest BCUT2D eigenvalue weighted by Crippen LogP contribution is -2.15. The molecule has 0 spiro atoms. The average Bonchev–Trinajstić information content (AvgIpc) is 3.86. The number of hydrogen-bond acceptors (Lipinski definition) is 1. The quantitative estimate of drug-likeness (QED) is 0.170. The molecular formula is C57H39N3. The molecule has 0 radical (unpaired) electrons. The van der Waals surface area contributed by atoms with Gasteiger partial charge in [0.05, 0.1) is 27.6 Å². The maximum Gasteiger partial charge on any atom is 0.0641 e. The van der Waals surface area contributed by atoms with Gasteiger partial charge in [0, 0.05) is 55.1 Å². The fourth-order valence-electron chi connectivity index (χ4n) is 10.7. The summed E-state index contributed by atoms with van der Waals surface area (Å²) in [7, 11) is 0. The highest BCUT2D eigenvalue weighted by atomic mass is 15.1. The fraction of sp³-hybridized carbons (Fsp3) is 0.0526. The standard InChI is InChI=1S/C57H39N3/c1-57(2)48-22-12-9-19-42(48)46-35-41(29-31-49(46)57)58(38-17-7-4-8-18-38)39-25-27-40(28-26-39)59-52-32-30-45-43-20-10-13-23-50(43)60-51-24-14-11-21-44(51)47-33-37(36-15-5-3-6-16-36)34-53(59)54(47)55(52)56(45)60/h3-35H,1-2H3. The molecule has 0 fully saturated rings. The number of rotatable bonds is 5. The predicted octanol–water partition coefficient (Wildman–Crippen LogP) is 15.4. The van der Waals surface area contributed by atoms with E-state index in [2.05, 4.69) is 228 Å². The molecule has 1 aliphatic carbocycles. The summed E-state index contributed by atoms with van der Waals surface area (Å²) in [5, 5.41) is 7.65. The van der Waals surface area contributed by atoms with Gasteiger partial charge >= 0.3 is 0 Å². The van der Waals surface area contributed by atoms with Crippen LogP contribution in [0.1, 0.15) is 25.0 Å². The summed E-state index contributed by atoms with van der Waals surface area (Å²) in [6, 6.07) is 74.1. The maximum atomic E-state index is 2.52. The molecule has 282 valence electrons. The maximum absolute atomic E-state index is 2.52. The van der Waals surface area contributed by atoms with Gasteiger partial charge in [-0.2, -0.15) is 0 Å². The molecule has 0 bridgehead atoms. The zero-order valence-electron chi connectivity index (χ0n) is 33.4. The second kappa shape index (κ2) is 12.2. The highest BCUT2D eigenvalue weighted by Gasteiger charge is 2.35. The minimum Gasteiger partial charge on any atom is -0.310 e. The Kier molecular flexibility index (Phi) is 6.78. The molecule has 0 atom stereocenters. The van der Waals surface area contributed by atoms with Crippen molar-refractivity contribution in [2.24, 2.45) is 0 Å². The van der Waals surface area contributed by atoms with Crippen molar-refractivity contribution in [1.29, 1.82) is 0 Å². The van der Waals surface area contributed by atoms with E-state index >= 15 is 0 Å². The summed E-state index contributed by atoms with van der Waals surface area (Å²) in [5.41, 5.74) is 18.4. The summed E-state index contributed by atoms with van der Waals surface area (Å²) in [5.74, 6) is 0. The van der Waals surface area contributed by atoms with Crippen LogP contribution >= 0.6 is 0 Å². The van der Waals surface area contributed by atoms with Crippen LogP contribution in [0, 0.1) is 0 Å². The monoisotopic (exact) mass is 765 g/mol. The molecule has 3 heterocycles. The van der Waals surface area contributed by atoms with Gasteiger partial charge in [0.25, 0.3) is 0 Å². The van der Waals surface area contributed by atoms with Crippen molar-refractivity contribution >= 4 is 77.0 Å². The topological polar surface area (TPSA) is 12.6 Å². The summed E-state index contributed by atoms with van der Waals surface area (Å²) in [4.78, 5) is 2.40. The molecule has 3 nitrogen and oxygen atoms in total. The summed E-state index contributed by atoms with van der Waals surface area (Å²) < 4.78 is 5.02. The van der Waals surface area contributed by atoms with Crippen LogP contribution in [-0.2, 0) is 5.41 Å². The Morgan fingerprint density at radius 3 is 1.77 bits per heavy atom. The Hall–Kier alpha value is -7.62. The van der Waals surface area contributed by atoms with E-state index < -0.39 is 0 Å². The normalized spacial score (nSPS) is 13.3. The lowest BCUT2D eigenvalue weighted by molar-refractivity contribution is 0.660. The zero-order valence-corrected chi connectivity index (χ0v) is 33.4. The van der Waals surface area contributed by atoms with E-state index in [1.165, 1.54) is 93.3 Å². The first-order chi connectivity index (χ1) is 29.5. The summed E-state index contributed by atoms with van der Waals surface area (Å²) in [6.45, 7) is 4.69. The van der Waals surface area contributed by atoms with Crippen molar-refractivity contribution in [3.63, 3.8) is 0 Å². The number of para-hydroxylation sites is 3. The Balaban J connectivity index is 1.07. The van der Waals surface area contributed by atoms with Crippen LogP contribution in [0.3, 0.4) is 0 Å². The minimum absolute atomic E-state index is 0.0469. The third-order valence-electron chi connectivity index (χ3n) is 13.4. The number of fused-ring (bicyclic) bond motifs is 9. The number of benzene rings is 9. The lowest BCUT2D eigenvalue weighted by atomic mass is 9.82. The number of nitrogens with zero attached hydrogens (tertiary/aromatic N) is 3. The van der Waals surface area contributed by atoms with Gasteiger partial charge in [0.1, 0.15) is 0 Å². The van der Waals surface area contributed by atoms with Crippen LogP contribution in [0.2, 0.25) is 0 Å². The molecule has 60 heavy (non-hydrogen) atoms. The van der Waals surface area contributed by atoms with Gasteiger partial charge < -0.3 is 13.9 Å².